The summed E-state index contributed by atoms with van der Waals surface area (Å²) in [4.78, 5) is 11.9. The summed E-state index contributed by atoms with van der Waals surface area (Å²) in [6.07, 6.45) is 3.36. The van der Waals surface area contributed by atoms with Crippen LogP contribution in [-0.2, 0) is 0 Å². The van der Waals surface area contributed by atoms with Gasteiger partial charge in [-0.05, 0) is 53.0 Å². The van der Waals surface area contributed by atoms with Gasteiger partial charge in [-0.3, -0.25) is 4.79 Å². The quantitative estimate of drug-likeness (QED) is 0.493. The van der Waals surface area contributed by atoms with Crippen molar-refractivity contribution in [3.63, 3.8) is 0 Å². The standard InChI is InChI=1S/C18H21BrN2O4/c1-3-9-23-14-6-5-13(16(11-14)24-10-4-2)12-20-21-18(22)15-7-8-17(19)25-15/h5-8,11-12H,3-4,9-10H2,1-2H3,(H,21,22). The van der Waals surface area contributed by atoms with E-state index < -0.39 is 5.91 Å². The number of ether oxygens (including phenoxy) is 2. The van der Waals surface area contributed by atoms with Crippen molar-refractivity contribution in [1.29, 1.82) is 0 Å². The van der Waals surface area contributed by atoms with Crippen molar-refractivity contribution < 1.29 is 18.7 Å². The summed E-state index contributed by atoms with van der Waals surface area (Å²) < 4.78 is 17.0. The van der Waals surface area contributed by atoms with E-state index in [9.17, 15) is 4.79 Å². The van der Waals surface area contributed by atoms with E-state index in [2.05, 4.69) is 33.4 Å². The fourth-order valence-electron chi connectivity index (χ4n) is 1.92. The number of hydrazone groups is 1. The number of amides is 1. The van der Waals surface area contributed by atoms with Crippen LogP contribution in [0.4, 0.5) is 0 Å². The van der Waals surface area contributed by atoms with Crippen LogP contribution in [0.1, 0.15) is 42.8 Å². The topological polar surface area (TPSA) is 73.1 Å². The maximum absolute atomic E-state index is 11.9. The van der Waals surface area contributed by atoms with Crippen LogP contribution in [0, 0.1) is 0 Å². The molecule has 1 heterocycles. The van der Waals surface area contributed by atoms with E-state index in [1.807, 2.05) is 25.1 Å². The highest BCUT2D eigenvalue weighted by molar-refractivity contribution is 9.10. The summed E-state index contributed by atoms with van der Waals surface area (Å²) in [5.74, 6) is 1.15. The molecule has 134 valence electrons. The summed E-state index contributed by atoms with van der Waals surface area (Å²) in [5, 5.41) is 3.97. The summed E-state index contributed by atoms with van der Waals surface area (Å²) in [6.45, 7) is 5.32. The van der Waals surface area contributed by atoms with E-state index in [1.54, 1.807) is 12.1 Å². The zero-order chi connectivity index (χ0) is 18.1. The average Bonchev–Trinajstić information content (AvgIpc) is 3.05. The van der Waals surface area contributed by atoms with E-state index in [1.165, 1.54) is 6.21 Å². The van der Waals surface area contributed by atoms with Crippen LogP contribution in [0.25, 0.3) is 0 Å². The minimum atomic E-state index is -0.430. The van der Waals surface area contributed by atoms with Crippen molar-refractivity contribution in [2.24, 2.45) is 5.10 Å². The first-order valence-corrected chi connectivity index (χ1v) is 8.91. The zero-order valence-electron chi connectivity index (χ0n) is 14.3. The lowest BCUT2D eigenvalue weighted by Crippen LogP contribution is -2.16. The van der Waals surface area contributed by atoms with Gasteiger partial charge in [0.1, 0.15) is 11.5 Å². The Morgan fingerprint density at radius 1 is 1.20 bits per heavy atom. The van der Waals surface area contributed by atoms with Gasteiger partial charge in [0.15, 0.2) is 10.4 Å². The summed E-state index contributed by atoms with van der Waals surface area (Å²) in [6, 6.07) is 8.73. The molecular weight excluding hydrogens is 388 g/mol. The summed E-state index contributed by atoms with van der Waals surface area (Å²) in [7, 11) is 0. The third-order valence-corrected chi connectivity index (χ3v) is 3.51. The van der Waals surface area contributed by atoms with E-state index in [4.69, 9.17) is 13.9 Å². The molecule has 25 heavy (non-hydrogen) atoms. The maximum atomic E-state index is 11.9. The zero-order valence-corrected chi connectivity index (χ0v) is 15.8. The first-order valence-electron chi connectivity index (χ1n) is 8.12. The Balaban J connectivity index is 2.06. The Bertz CT molecular complexity index is 728. The van der Waals surface area contributed by atoms with Crippen LogP contribution in [-0.4, -0.2) is 25.3 Å². The van der Waals surface area contributed by atoms with Crippen molar-refractivity contribution in [3.05, 3.63) is 46.3 Å². The average molecular weight is 409 g/mol. The lowest BCUT2D eigenvalue weighted by atomic mass is 10.2. The van der Waals surface area contributed by atoms with Gasteiger partial charge in [-0.15, -0.1) is 0 Å². The van der Waals surface area contributed by atoms with Crippen LogP contribution in [0.15, 0.2) is 44.5 Å². The van der Waals surface area contributed by atoms with E-state index in [-0.39, 0.29) is 5.76 Å². The van der Waals surface area contributed by atoms with Crippen LogP contribution in [0.3, 0.4) is 0 Å². The molecule has 0 aliphatic carbocycles. The number of carbonyl (C=O) groups is 1. The molecule has 0 radical (unpaired) electrons. The molecule has 0 saturated heterocycles. The van der Waals surface area contributed by atoms with Gasteiger partial charge in [-0.25, -0.2) is 5.43 Å². The maximum Gasteiger partial charge on any atom is 0.307 e. The van der Waals surface area contributed by atoms with Crippen molar-refractivity contribution in [1.82, 2.24) is 5.43 Å². The van der Waals surface area contributed by atoms with Gasteiger partial charge in [0.25, 0.3) is 0 Å². The number of furan rings is 1. The highest BCUT2D eigenvalue weighted by atomic mass is 79.9. The molecule has 2 aromatic rings. The number of nitrogens with one attached hydrogen (secondary N) is 1. The van der Waals surface area contributed by atoms with E-state index in [0.29, 0.717) is 23.6 Å². The van der Waals surface area contributed by atoms with Crippen LogP contribution in [0.2, 0.25) is 0 Å². The second-order valence-corrected chi connectivity index (χ2v) is 5.98. The van der Waals surface area contributed by atoms with Gasteiger partial charge in [-0.2, -0.15) is 5.10 Å². The second kappa shape index (κ2) is 9.88. The molecular formula is C18H21BrN2O4. The molecule has 1 aromatic heterocycles. The second-order valence-electron chi connectivity index (χ2n) is 5.20. The number of hydrogen-bond donors (Lipinski definition) is 1. The van der Waals surface area contributed by atoms with Crippen LogP contribution >= 0.6 is 15.9 Å². The fraction of sp³-hybridized carbons (Fsp3) is 0.333. The molecule has 1 aromatic carbocycles. The number of nitrogens with zero attached hydrogens (tertiary/aromatic N) is 1. The molecule has 0 unspecified atom stereocenters. The fourth-order valence-corrected chi connectivity index (χ4v) is 2.23. The molecule has 0 saturated carbocycles. The van der Waals surface area contributed by atoms with E-state index in [0.717, 1.165) is 24.2 Å². The molecule has 0 aliphatic rings. The van der Waals surface area contributed by atoms with Crippen molar-refractivity contribution in [3.8, 4) is 11.5 Å². The monoisotopic (exact) mass is 408 g/mol. The molecule has 7 heteroatoms. The molecule has 0 bridgehead atoms. The van der Waals surface area contributed by atoms with Gasteiger partial charge < -0.3 is 13.9 Å². The molecule has 2 rings (SSSR count). The van der Waals surface area contributed by atoms with Crippen molar-refractivity contribution in [2.45, 2.75) is 26.7 Å². The Kier molecular flexibility index (Phi) is 7.53. The number of carbonyl (C=O) groups excluding carboxylic acids is 1. The summed E-state index contributed by atoms with van der Waals surface area (Å²) in [5.41, 5.74) is 3.17. The summed E-state index contributed by atoms with van der Waals surface area (Å²) >= 11 is 3.15. The first kappa shape index (κ1) is 19.1. The normalized spacial score (nSPS) is 10.8. The van der Waals surface area contributed by atoms with E-state index >= 15 is 0 Å². The predicted octanol–water partition coefficient (Wildman–Crippen LogP) is 4.38. The lowest BCUT2D eigenvalue weighted by molar-refractivity contribution is 0.0926. The Labute approximate surface area is 155 Å². The molecule has 0 spiro atoms. The van der Waals surface area contributed by atoms with Crippen molar-refractivity contribution >= 4 is 28.1 Å². The highest BCUT2D eigenvalue weighted by Crippen LogP contribution is 2.24. The van der Waals surface area contributed by atoms with Crippen LogP contribution in [0.5, 0.6) is 11.5 Å². The Morgan fingerprint density at radius 2 is 1.96 bits per heavy atom. The van der Waals surface area contributed by atoms with Crippen molar-refractivity contribution in [2.75, 3.05) is 13.2 Å². The molecule has 1 amide bonds. The Hall–Kier alpha value is -2.28. The molecule has 1 N–H and O–H groups in total. The van der Waals surface area contributed by atoms with Crippen LogP contribution < -0.4 is 14.9 Å². The molecule has 6 nitrogen and oxygen atoms in total. The first-order chi connectivity index (χ1) is 12.1. The Morgan fingerprint density at radius 3 is 2.64 bits per heavy atom. The predicted molar refractivity (Wildman–Crippen MR) is 99.5 cm³/mol. The van der Waals surface area contributed by atoms with Gasteiger partial charge in [0.2, 0.25) is 0 Å². The number of benzene rings is 1. The minimum Gasteiger partial charge on any atom is -0.493 e. The minimum absolute atomic E-state index is 0.176. The number of hydrogen-bond acceptors (Lipinski definition) is 5. The molecule has 0 aliphatic heterocycles. The van der Waals surface area contributed by atoms with Gasteiger partial charge >= 0.3 is 5.91 Å². The third kappa shape index (κ3) is 5.94. The van der Waals surface area contributed by atoms with Gasteiger partial charge in [0, 0.05) is 11.6 Å². The lowest BCUT2D eigenvalue weighted by Gasteiger charge is -2.11. The SMILES string of the molecule is CCCOc1ccc(C=NNC(=O)c2ccc(Br)o2)c(OCCC)c1. The highest BCUT2D eigenvalue weighted by Gasteiger charge is 2.09. The molecule has 0 atom stereocenters. The van der Waals surface area contributed by atoms with Gasteiger partial charge in [-0.1, -0.05) is 13.8 Å². The third-order valence-electron chi connectivity index (χ3n) is 3.09. The smallest absolute Gasteiger partial charge is 0.307 e. The van der Waals surface area contributed by atoms with Gasteiger partial charge in [0.05, 0.1) is 19.4 Å². The largest absolute Gasteiger partial charge is 0.493 e. The molecule has 0 fully saturated rings. The number of rotatable bonds is 9. The number of halogens is 1.